The van der Waals surface area contributed by atoms with Crippen LogP contribution in [0.5, 0.6) is 0 Å². The standard InChI is InChI=1S/C14H18N2O2S.H2S/c1-5-19(17)14-8-11(13(9-15)16-18-4)6-7-12(14)10(2)3;/h6-8,10H,5H2,1-4H3;1H2/b16-13+;. The van der Waals surface area contributed by atoms with Crippen molar-refractivity contribution in [3.05, 3.63) is 29.3 Å². The summed E-state index contributed by atoms with van der Waals surface area (Å²) in [4.78, 5) is 5.42. The molecule has 0 bridgehead atoms. The second kappa shape index (κ2) is 8.77. The number of hydrogen-bond acceptors (Lipinski definition) is 4. The molecule has 110 valence electrons. The van der Waals surface area contributed by atoms with E-state index in [1.165, 1.54) is 7.11 Å². The minimum absolute atomic E-state index is 0. The summed E-state index contributed by atoms with van der Waals surface area (Å²) in [6, 6.07) is 7.47. The molecular formula is C14H20N2O2S2. The summed E-state index contributed by atoms with van der Waals surface area (Å²) in [7, 11) is 0.333. The zero-order valence-electron chi connectivity index (χ0n) is 12.1. The fourth-order valence-electron chi connectivity index (χ4n) is 1.74. The van der Waals surface area contributed by atoms with Gasteiger partial charge in [0.25, 0.3) is 0 Å². The van der Waals surface area contributed by atoms with Crippen molar-refractivity contribution in [3.63, 3.8) is 0 Å². The van der Waals surface area contributed by atoms with Crippen LogP contribution in [-0.2, 0) is 15.6 Å². The van der Waals surface area contributed by atoms with Crippen LogP contribution >= 0.6 is 13.5 Å². The van der Waals surface area contributed by atoms with E-state index >= 15 is 0 Å². The summed E-state index contributed by atoms with van der Waals surface area (Å²) in [5.41, 5.74) is 1.86. The average Bonchev–Trinajstić information content (AvgIpc) is 2.43. The van der Waals surface area contributed by atoms with Crippen LogP contribution in [0.3, 0.4) is 0 Å². The molecule has 0 fully saturated rings. The molecule has 0 heterocycles. The van der Waals surface area contributed by atoms with Gasteiger partial charge in [-0.25, -0.2) is 0 Å². The summed E-state index contributed by atoms with van der Waals surface area (Å²) < 4.78 is 12.1. The normalized spacial score (nSPS) is 12.5. The fourth-order valence-corrected chi connectivity index (χ4v) is 2.88. The van der Waals surface area contributed by atoms with Gasteiger partial charge in [-0.3, -0.25) is 4.21 Å². The number of nitrogens with zero attached hydrogens (tertiary/aromatic N) is 2. The van der Waals surface area contributed by atoms with Gasteiger partial charge < -0.3 is 4.84 Å². The van der Waals surface area contributed by atoms with Crippen molar-refractivity contribution < 1.29 is 9.05 Å². The number of rotatable bonds is 5. The van der Waals surface area contributed by atoms with Crippen LogP contribution in [0.15, 0.2) is 28.3 Å². The first-order valence-corrected chi connectivity index (χ1v) is 7.40. The van der Waals surface area contributed by atoms with Crippen molar-refractivity contribution in [2.75, 3.05) is 12.9 Å². The Bertz CT molecular complexity index is 549. The Labute approximate surface area is 129 Å². The van der Waals surface area contributed by atoms with Gasteiger partial charge in [0.05, 0.1) is 10.8 Å². The van der Waals surface area contributed by atoms with E-state index in [2.05, 4.69) is 23.8 Å². The lowest BCUT2D eigenvalue weighted by molar-refractivity contribution is 0.214. The van der Waals surface area contributed by atoms with E-state index in [1.54, 1.807) is 6.07 Å². The molecular weight excluding hydrogens is 292 g/mol. The molecule has 1 aromatic rings. The Morgan fingerprint density at radius 2 is 2.15 bits per heavy atom. The quantitative estimate of drug-likeness (QED) is 0.620. The first kappa shape index (κ1) is 18.7. The van der Waals surface area contributed by atoms with Gasteiger partial charge in [-0.2, -0.15) is 18.8 Å². The van der Waals surface area contributed by atoms with Gasteiger partial charge in [0.2, 0.25) is 0 Å². The molecule has 0 aliphatic rings. The largest absolute Gasteiger partial charge is 0.398 e. The Balaban J connectivity index is 0.00000361. The van der Waals surface area contributed by atoms with Gasteiger partial charge in [0, 0.05) is 16.2 Å². The Morgan fingerprint density at radius 1 is 1.50 bits per heavy atom. The zero-order valence-corrected chi connectivity index (χ0v) is 14.0. The number of benzene rings is 1. The first-order chi connectivity index (χ1) is 9.04. The fraction of sp³-hybridized carbons (Fsp3) is 0.429. The lowest BCUT2D eigenvalue weighted by atomic mass is 10.0. The predicted molar refractivity (Wildman–Crippen MR) is 87.0 cm³/mol. The third-order valence-electron chi connectivity index (χ3n) is 2.70. The SMILES string of the molecule is CCS(=O)c1cc(/C(C#N)=N/OC)ccc1C(C)C.S. The third-order valence-corrected chi connectivity index (χ3v) is 4.07. The summed E-state index contributed by atoms with van der Waals surface area (Å²) >= 11 is 0. The second-order valence-corrected chi connectivity index (χ2v) is 5.98. The zero-order chi connectivity index (χ0) is 14.4. The van der Waals surface area contributed by atoms with Crippen LogP contribution in [-0.4, -0.2) is 22.8 Å². The van der Waals surface area contributed by atoms with E-state index in [4.69, 9.17) is 5.26 Å². The van der Waals surface area contributed by atoms with E-state index in [0.29, 0.717) is 11.3 Å². The second-order valence-electron chi connectivity index (χ2n) is 4.28. The molecule has 4 nitrogen and oxygen atoms in total. The predicted octanol–water partition coefficient (Wildman–Crippen LogP) is 2.92. The van der Waals surface area contributed by atoms with Gasteiger partial charge in [-0.15, -0.1) is 0 Å². The summed E-state index contributed by atoms with van der Waals surface area (Å²) in [5, 5.41) is 12.7. The topological polar surface area (TPSA) is 62.5 Å². The molecule has 6 heteroatoms. The molecule has 0 radical (unpaired) electrons. The van der Waals surface area contributed by atoms with Crippen molar-refractivity contribution in [2.45, 2.75) is 31.6 Å². The van der Waals surface area contributed by atoms with E-state index in [1.807, 2.05) is 25.1 Å². The molecule has 20 heavy (non-hydrogen) atoms. The molecule has 0 saturated heterocycles. The minimum atomic E-state index is -1.06. The summed E-state index contributed by atoms with van der Waals surface area (Å²) in [6.07, 6.45) is 0. The number of hydrogen-bond donors (Lipinski definition) is 0. The van der Waals surface area contributed by atoms with Crippen LogP contribution in [0.25, 0.3) is 0 Å². The molecule has 1 rings (SSSR count). The highest BCUT2D eigenvalue weighted by Gasteiger charge is 2.14. The van der Waals surface area contributed by atoms with E-state index in [-0.39, 0.29) is 25.1 Å². The highest BCUT2D eigenvalue weighted by molar-refractivity contribution is 7.85. The molecule has 1 unspecified atom stereocenters. The van der Waals surface area contributed by atoms with Gasteiger partial charge in [0.15, 0.2) is 5.71 Å². The molecule has 0 aliphatic heterocycles. The maximum Gasteiger partial charge on any atom is 0.186 e. The van der Waals surface area contributed by atoms with Crippen LogP contribution < -0.4 is 0 Å². The van der Waals surface area contributed by atoms with Gasteiger partial charge in [-0.05, 0) is 17.5 Å². The maximum atomic E-state index is 12.1. The van der Waals surface area contributed by atoms with E-state index < -0.39 is 10.8 Å². The van der Waals surface area contributed by atoms with E-state index in [9.17, 15) is 4.21 Å². The number of nitriles is 1. The van der Waals surface area contributed by atoms with Gasteiger partial charge in [0.1, 0.15) is 13.2 Å². The summed E-state index contributed by atoms with van der Waals surface area (Å²) in [6.45, 7) is 5.99. The van der Waals surface area contributed by atoms with Gasteiger partial charge >= 0.3 is 0 Å². The monoisotopic (exact) mass is 312 g/mol. The molecule has 1 aromatic carbocycles. The smallest absolute Gasteiger partial charge is 0.186 e. The molecule has 0 amide bonds. The third kappa shape index (κ3) is 4.36. The Kier molecular flexibility index (Phi) is 8.19. The lowest BCUT2D eigenvalue weighted by Crippen LogP contribution is -2.05. The first-order valence-electron chi connectivity index (χ1n) is 6.09. The molecule has 0 aliphatic carbocycles. The van der Waals surface area contributed by atoms with Crippen molar-refractivity contribution in [1.82, 2.24) is 0 Å². The van der Waals surface area contributed by atoms with Crippen molar-refractivity contribution in [1.29, 1.82) is 5.26 Å². The van der Waals surface area contributed by atoms with Crippen LogP contribution in [0.2, 0.25) is 0 Å². The molecule has 0 saturated carbocycles. The van der Waals surface area contributed by atoms with Crippen LogP contribution in [0.4, 0.5) is 0 Å². The highest BCUT2D eigenvalue weighted by atomic mass is 32.2. The molecule has 0 spiro atoms. The van der Waals surface area contributed by atoms with Crippen molar-refractivity contribution in [3.8, 4) is 6.07 Å². The molecule has 0 N–H and O–H groups in total. The van der Waals surface area contributed by atoms with E-state index in [0.717, 1.165) is 10.5 Å². The molecule has 1 atom stereocenters. The minimum Gasteiger partial charge on any atom is -0.398 e. The Morgan fingerprint density at radius 3 is 2.60 bits per heavy atom. The molecule has 0 aromatic heterocycles. The summed E-state index contributed by atoms with van der Waals surface area (Å²) in [5.74, 6) is 0.830. The average molecular weight is 312 g/mol. The van der Waals surface area contributed by atoms with Gasteiger partial charge in [-0.1, -0.05) is 38.1 Å². The highest BCUT2D eigenvalue weighted by Crippen LogP contribution is 2.24. The van der Waals surface area contributed by atoms with Crippen LogP contribution in [0.1, 0.15) is 37.8 Å². The van der Waals surface area contributed by atoms with Crippen LogP contribution in [0, 0.1) is 11.3 Å². The Hall–Kier alpha value is -1.32. The number of oxime groups is 1. The lowest BCUT2D eigenvalue weighted by Gasteiger charge is -2.13. The maximum absolute atomic E-state index is 12.1. The van der Waals surface area contributed by atoms with Crippen molar-refractivity contribution >= 4 is 30.0 Å². The van der Waals surface area contributed by atoms with Crippen molar-refractivity contribution in [2.24, 2.45) is 5.16 Å².